The van der Waals surface area contributed by atoms with Gasteiger partial charge in [-0.25, -0.2) is 26.7 Å². The van der Waals surface area contributed by atoms with Crippen LogP contribution in [0.3, 0.4) is 0 Å². The smallest absolute Gasteiger partial charge is 0.744 e. The van der Waals surface area contributed by atoms with Gasteiger partial charge in [-0.1, -0.05) is 0 Å². The van der Waals surface area contributed by atoms with Crippen molar-refractivity contribution in [2.75, 3.05) is 11.6 Å². The van der Waals surface area contributed by atoms with E-state index in [0.29, 0.717) is 0 Å². The van der Waals surface area contributed by atoms with E-state index in [2.05, 4.69) is 20.2 Å². The molecule has 0 aliphatic carbocycles. The molecule has 1 aliphatic heterocycles. The Hall–Kier alpha value is -0.790. The van der Waals surface area contributed by atoms with Crippen LogP contribution < -0.4 is 64.1 Å². The van der Waals surface area contributed by atoms with E-state index in [1.807, 2.05) is 0 Å². The fourth-order valence-electron chi connectivity index (χ4n) is 2.65. The van der Waals surface area contributed by atoms with Crippen LogP contribution in [-0.2, 0) is 25.1 Å². The first kappa shape index (κ1) is 30.2. The predicted molar refractivity (Wildman–Crippen MR) is 102 cm³/mol. The first-order valence-corrected chi connectivity index (χ1v) is 11.2. The van der Waals surface area contributed by atoms with Gasteiger partial charge in [0, 0.05) is 0 Å². The van der Waals surface area contributed by atoms with Crippen molar-refractivity contribution in [1.82, 2.24) is 0 Å². The van der Waals surface area contributed by atoms with Crippen molar-refractivity contribution in [3.05, 3.63) is 48.5 Å². The summed E-state index contributed by atoms with van der Waals surface area (Å²) in [5.74, 6) is 0. The molecule has 0 saturated heterocycles. The minimum Gasteiger partial charge on any atom is -0.744 e. The SMILES string of the molecule is O=S(=O)([O-])c1ccc(N=NC2C(COO)=NN(c3ccc(S(=O)(=O)[O-])cc3)C2O)cc1.[Na+].[Na+]. The third-order valence-corrected chi connectivity index (χ3v) is 5.83. The maximum Gasteiger partial charge on any atom is 1.00 e. The molecule has 0 amide bonds. The molecule has 2 N–H and O–H groups in total. The van der Waals surface area contributed by atoms with Gasteiger partial charge in [-0.15, -0.1) is 0 Å². The van der Waals surface area contributed by atoms with Gasteiger partial charge >= 0.3 is 59.1 Å². The molecule has 166 valence electrons. The second-order valence-corrected chi connectivity index (χ2v) is 8.94. The Balaban J connectivity index is 0.00000272. The first-order chi connectivity index (χ1) is 14.5. The second kappa shape index (κ2) is 12.3. The Morgan fingerprint density at radius 1 is 0.939 bits per heavy atom. The molecule has 2 aromatic rings. The second-order valence-electron chi connectivity index (χ2n) is 6.18. The van der Waals surface area contributed by atoms with Crippen LogP contribution in [0.15, 0.2) is 73.7 Å². The van der Waals surface area contributed by atoms with Gasteiger partial charge in [-0.3, -0.25) is 5.26 Å². The van der Waals surface area contributed by atoms with Crippen LogP contribution in [0.2, 0.25) is 0 Å². The molecule has 0 fully saturated rings. The zero-order valence-corrected chi connectivity index (χ0v) is 23.0. The van der Waals surface area contributed by atoms with Gasteiger partial charge in [0.05, 0.1) is 26.9 Å². The van der Waals surface area contributed by atoms with Crippen molar-refractivity contribution in [1.29, 1.82) is 0 Å². The van der Waals surface area contributed by atoms with Crippen molar-refractivity contribution in [3.63, 3.8) is 0 Å². The fraction of sp³-hybridized carbons (Fsp3) is 0.188. The van der Waals surface area contributed by atoms with Crippen molar-refractivity contribution in [2.45, 2.75) is 22.1 Å². The molecule has 17 heteroatoms. The van der Waals surface area contributed by atoms with E-state index in [9.17, 15) is 31.0 Å². The summed E-state index contributed by atoms with van der Waals surface area (Å²) in [6.07, 6.45) is -1.43. The summed E-state index contributed by atoms with van der Waals surface area (Å²) in [7, 11) is -9.26. The Morgan fingerprint density at radius 3 is 1.88 bits per heavy atom. The van der Waals surface area contributed by atoms with Crippen LogP contribution in [0, 0.1) is 0 Å². The molecule has 0 bridgehead atoms. The predicted octanol–water partition coefficient (Wildman–Crippen LogP) is -5.36. The largest absolute Gasteiger partial charge is 1.00 e. The number of benzene rings is 2. The molecule has 13 nitrogen and oxygen atoms in total. The number of azo groups is 1. The zero-order valence-electron chi connectivity index (χ0n) is 17.3. The number of rotatable bonds is 7. The Kier molecular flexibility index (Phi) is 11.2. The van der Waals surface area contributed by atoms with E-state index in [1.54, 1.807) is 0 Å². The van der Waals surface area contributed by atoms with E-state index >= 15 is 0 Å². The fourth-order valence-corrected chi connectivity index (χ4v) is 3.59. The Labute approximate surface area is 233 Å². The van der Waals surface area contributed by atoms with E-state index in [1.165, 1.54) is 24.3 Å². The summed E-state index contributed by atoms with van der Waals surface area (Å²) >= 11 is 0. The molecule has 1 heterocycles. The average molecular weight is 516 g/mol. The minimum atomic E-state index is -4.65. The van der Waals surface area contributed by atoms with Crippen molar-refractivity contribution >= 4 is 37.3 Å². The minimum absolute atomic E-state index is 0. The molecule has 2 aromatic carbocycles. The summed E-state index contributed by atoms with van der Waals surface area (Å²) in [6.45, 7) is -0.433. The number of hydrogen-bond acceptors (Lipinski definition) is 13. The van der Waals surface area contributed by atoms with E-state index in [-0.39, 0.29) is 76.2 Å². The number of nitrogens with zero attached hydrogens (tertiary/aromatic N) is 4. The molecule has 33 heavy (non-hydrogen) atoms. The summed E-state index contributed by atoms with van der Waals surface area (Å²) in [5, 5.41) is 32.3. The summed E-state index contributed by atoms with van der Waals surface area (Å²) in [5.41, 5.74) is 0.461. The van der Waals surface area contributed by atoms with E-state index in [4.69, 9.17) is 5.26 Å². The number of aliphatic hydroxyl groups is 1. The molecule has 2 atom stereocenters. The van der Waals surface area contributed by atoms with Crippen LogP contribution >= 0.6 is 0 Å². The van der Waals surface area contributed by atoms with E-state index < -0.39 is 48.9 Å². The topological polar surface area (TPSA) is 204 Å². The maximum absolute atomic E-state index is 11.0. The first-order valence-electron chi connectivity index (χ1n) is 8.34. The molecule has 0 radical (unpaired) electrons. The number of anilines is 1. The average Bonchev–Trinajstić information content (AvgIpc) is 3.01. The van der Waals surface area contributed by atoms with Crippen molar-refractivity contribution in [2.24, 2.45) is 15.3 Å². The summed E-state index contributed by atoms with van der Waals surface area (Å²) in [4.78, 5) is 3.15. The van der Waals surface area contributed by atoms with Crippen LogP contribution in [0.1, 0.15) is 0 Å². The van der Waals surface area contributed by atoms with Crippen LogP contribution in [-0.4, -0.2) is 60.9 Å². The summed E-state index contributed by atoms with van der Waals surface area (Å²) in [6, 6.07) is 8.02. The molecule has 3 rings (SSSR count). The molecule has 0 spiro atoms. The van der Waals surface area contributed by atoms with Crippen LogP contribution in [0.5, 0.6) is 0 Å². The molecular weight excluding hydrogens is 502 g/mol. The van der Waals surface area contributed by atoms with Gasteiger partial charge in [-0.2, -0.15) is 15.3 Å². The van der Waals surface area contributed by atoms with Gasteiger partial charge in [-0.05, 0) is 48.5 Å². The monoisotopic (exact) mass is 516 g/mol. The Bertz CT molecular complexity index is 1220. The quantitative estimate of drug-likeness (QED) is 0.117. The standard InChI is InChI=1S/C16H16N4O9S2.2Na/c21-16-15(18-17-10-1-5-12(6-2-10)30(23,24)25)14(9-29-22)19-20(16)11-3-7-13(8-4-11)31(26,27)28;;/h1-8,15-16,21-22H,9H2,(H,23,24,25)(H,26,27,28);;/q;2*+1/p-2. The number of hydrogen-bond donors (Lipinski definition) is 2. The molecule has 2 unspecified atom stereocenters. The van der Waals surface area contributed by atoms with Crippen molar-refractivity contribution < 1.29 is 100 Å². The third kappa shape index (κ3) is 7.60. The van der Waals surface area contributed by atoms with Gasteiger partial charge < -0.3 is 14.2 Å². The van der Waals surface area contributed by atoms with Crippen LogP contribution in [0.25, 0.3) is 0 Å². The molecular formula is C16H14N4Na2O9S2. The van der Waals surface area contributed by atoms with Crippen LogP contribution in [0.4, 0.5) is 11.4 Å². The van der Waals surface area contributed by atoms with Gasteiger partial charge in [0.25, 0.3) is 0 Å². The van der Waals surface area contributed by atoms with Gasteiger partial charge in [0.15, 0.2) is 12.3 Å². The van der Waals surface area contributed by atoms with E-state index in [0.717, 1.165) is 29.3 Å². The van der Waals surface area contributed by atoms with Crippen molar-refractivity contribution in [3.8, 4) is 0 Å². The Morgan fingerprint density at radius 2 is 1.42 bits per heavy atom. The summed E-state index contributed by atoms with van der Waals surface area (Å²) < 4.78 is 66.0. The van der Waals surface area contributed by atoms with Gasteiger partial charge in [0.2, 0.25) is 0 Å². The molecule has 0 aromatic heterocycles. The van der Waals surface area contributed by atoms with Gasteiger partial charge in [0.1, 0.15) is 26.8 Å². The normalized spacial score (nSPS) is 18.5. The maximum atomic E-state index is 11.0. The number of aliphatic hydroxyl groups excluding tert-OH is 1. The molecule has 1 aliphatic rings. The number of hydrazone groups is 1. The molecule has 0 saturated carbocycles. The zero-order chi connectivity index (χ0) is 22.8. The third-order valence-electron chi connectivity index (χ3n) is 4.14.